The number of nitrogens with zero attached hydrogens (tertiary/aromatic N) is 1. The van der Waals surface area contributed by atoms with E-state index in [0.717, 1.165) is 28.8 Å². The van der Waals surface area contributed by atoms with Crippen LogP contribution in [0.15, 0.2) is 77.7 Å². The number of hydrogen-bond donors (Lipinski definition) is 1. The smallest absolute Gasteiger partial charge is 0.297 e. The summed E-state index contributed by atoms with van der Waals surface area (Å²) in [6, 6.07) is 19.1. The molecule has 1 unspecified atom stereocenters. The number of likely N-dealkylation sites (tertiary alicyclic amines) is 1. The van der Waals surface area contributed by atoms with Gasteiger partial charge < -0.3 is 0 Å². The van der Waals surface area contributed by atoms with Crippen molar-refractivity contribution in [1.82, 2.24) is 9.62 Å². The molecule has 0 saturated carbocycles. The van der Waals surface area contributed by atoms with Crippen molar-refractivity contribution in [3.8, 4) is 11.1 Å². The van der Waals surface area contributed by atoms with Crippen LogP contribution in [0.2, 0.25) is 5.02 Å². The maximum atomic E-state index is 12.9. The Bertz CT molecular complexity index is 1230. The van der Waals surface area contributed by atoms with E-state index >= 15 is 0 Å². The molecule has 1 aliphatic heterocycles. The summed E-state index contributed by atoms with van der Waals surface area (Å²) in [6.07, 6.45) is -4.02. The molecule has 9 heteroatoms. The zero-order chi connectivity index (χ0) is 23.6. The molecule has 0 aromatic heterocycles. The average molecular weight is 495 g/mol. The predicted molar refractivity (Wildman–Crippen MR) is 122 cm³/mol. The molecule has 3 aromatic rings. The van der Waals surface area contributed by atoms with Crippen LogP contribution in [0.4, 0.5) is 13.2 Å². The lowest BCUT2D eigenvalue weighted by molar-refractivity contribution is -0.137. The van der Waals surface area contributed by atoms with Gasteiger partial charge in [-0.25, -0.2) is 13.1 Å². The number of nitrogens with one attached hydrogen (secondary N) is 1. The van der Waals surface area contributed by atoms with Crippen molar-refractivity contribution in [2.75, 3.05) is 13.1 Å². The van der Waals surface area contributed by atoms with Crippen molar-refractivity contribution in [3.05, 3.63) is 88.9 Å². The van der Waals surface area contributed by atoms with E-state index in [-0.39, 0.29) is 10.9 Å². The molecule has 0 radical (unpaired) electrons. The molecule has 1 atom stereocenters. The van der Waals surface area contributed by atoms with Crippen molar-refractivity contribution < 1.29 is 21.6 Å². The van der Waals surface area contributed by atoms with E-state index < -0.39 is 21.8 Å². The van der Waals surface area contributed by atoms with Crippen molar-refractivity contribution >= 4 is 21.6 Å². The molecule has 1 heterocycles. The van der Waals surface area contributed by atoms with Crippen molar-refractivity contribution in [3.63, 3.8) is 0 Å². The highest BCUT2D eigenvalue weighted by Crippen LogP contribution is 2.31. The Labute approximate surface area is 196 Å². The van der Waals surface area contributed by atoms with Gasteiger partial charge in [0.1, 0.15) is 0 Å². The molecule has 0 amide bonds. The first-order valence-electron chi connectivity index (χ1n) is 10.4. The fourth-order valence-electron chi connectivity index (χ4n) is 3.94. The molecular formula is C24H22ClF3N2O2S. The molecule has 33 heavy (non-hydrogen) atoms. The van der Waals surface area contributed by atoms with Gasteiger partial charge in [0, 0.05) is 36.3 Å². The topological polar surface area (TPSA) is 49.4 Å². The van der Waals surface area contributed by atoms with E-state index in [0.29, 0.717) is 37.1 Å². The molecule has 1 aliphatic rings. The molecule has 4 nitrogen and oxygen atoms in total. The van der Waals surface area contributed by atoms with E-state index in [1.807, 2.05) is 48.5 Å². The van der Waals surface area contributed by atoms with Gasteiger partial charge in [-0.3, -0.25) is 4.90 Å². The normalized spacial score (nSPS) is 17.4. The van der Waals surface area contributed by atoms with E-state index in [1.54, 1.807) is 0 Å². The molecule has 4 rings (SSSR count). The second-order valence-corrected chi connectivity index (χ2v) is 10.2. The third-order valence-corrected chi connectivity index (χ3v) is 7.46. The third kappa shape index (κ3) is 5.76. The van der Waals surface area contributed by atoms with Crippen molar-refractivity contribution in [2.45, 2.75) is 30.1 Å². The molecule has 0 bridgehead atoms. The number of hydrogen-bond acceptors (Lipinski definition) is 3. The Hall–Kier alpha value is -2.39. The molecule has 1 saturated heterocycles. The Kier molecular flexibility index (Phi) is 6.81. The highest BCUT2D eigenvalue weighted by molar-refractivity contribution is 7.89. The van der Waals surface area contributed by atoms with Gasteiger partial charge in [-0.05, 0) is 41.8 Å². The predicted octanol–water partition coefficient (Wildman–Crippen LogP) is 5.58. The summed E-state index contributed by atoms with van der Waals surface area (Å²) < 4.78 is 66.6. The summed E-state index contributed by atoms with van der Waals surface area (Å²) in [5.41, 5.74) is 2.05. The monoisotopic (exact) mass is 494 g/mol. The maximum absolute atomic E-state index is 12.9. The summed E-state index contributed by atoms with van der Waals surface area (Å²) in [7, 11) is -4.05. The van der Waals surface area contributed by atoms with E-state index in [9.17, 15) is 21.6 Å². The first-order chi connectivity index (χ1) is 15.6. The van der Waals surface area contributed by atoms with Crippen molar-refractivity contribution in [1.29, 1.82) is 0 Å². The van der Waals surface area contributed by atoms with Crippen LogP contribution >= 0.6 is 11.6 Å². The van der Waals surface area contributed by atoms with Crippen LogP contribution in [0.1, 0.15) is 17.5 Å². The summed E-state index contributed by atoms with van der Waals surface area (Å²) in [5, 5.41) is 0.681. The van der Waals surface area contributed by atoms with Gasteiger partial charge in [0.05, 0.1) is 10.5 Å². The minimum absolute atomic E-state index is 0.369. The van der Waals surface area contributed by atoms with Gasteiger partial charge in [-0.2, -0.15) is 13.2 Å². The zero-order valence-electron chi connectivity index (χ0n) is 17.5. The van der Waals surface area contributed by atoms with E-state index in [1.165, 1.54) is 6.07 Å². The standard InChI is InChI=1S/C24H22ClF3N2O2S/c25-23-7-2-1-6-22(23)18-10-8-17(9-11-18)15-30-13-12-20(16-30)29-33(31,32)21-5-3-4-19(14-21)24(26,27)28/h1-11,14,20,29H,12-13,15-16H2. The van der Waals surface area contributed by atoms with Crippen LogP contribution in [-0.2, 0) is 22.7 Å². The molecule has 174 valence electrons. The fourth-order valence-corrected chi connectivity index (χ4v) is 5.49. The Morgan fingerprint density at radius 1 is 1.00 bits per heavy atom. The number of benzene rings is 3. The number of alkyl halides is 3. The van der Waals surface area contributed by atoms with Gasteiger partial charge in [-0.1, -0.05) is 60.1 Å². The lowest BCUT2D eigenvalue weighted by atomic mass is 10.0. The third-order valence-electron chi connectivity index (χ3n) is 5.61. The lowest BCUT2D eigenvalue weighted by Gasteiger charge is -2.17. The van der Waals surface area contributed by atoms with E-state index in [2.05, 4.69) is 9.62 Å². The fraction of sp³-hybridized carbons (Fsp3) is 0.250. The SMILES string of the molecule is O=S(=O)(NC1CCN(Cc2ccc(-c3ccccc3Cl)cc2)C1)c1cccc(C(F)(F)F)c1. The number of halogens is 4. The van der Waals surface area contributed by atoms with Crippen LogP contribution in [0.5, 0.6) is 0 Å². The quantitative estimate of drug-likeness (QED) is 0.487. The van der Waals surface area contributed by atoms with E-state index in [4.69, 9.17) is 11.6 Å². The molecule has 0 aliphatic carbocycles. The summed E-state index contributed by atoms with van der Waals surface area (Å²) in [6.45, 7) is 1.80. The first kappa shape index (κ1) is 23.8. The Balaban J connectivity index is 1.37. The molecule has 1 N–H and O–H groups in total. The second kappa shape index (κ2) is 9.46. The molecule has 3 aromatic carbocycles. The van der Waals surface area contributed by atoms with Gasteiger partial charge >= 0.3 is 6.18 Å². The van der Waals surface area contributed by atoms with Crippen LogP contribution in [-0.4, -0.2) is 32.4 Å². The largest absolute Gasteiger partial charge is 0.416 e. The molecular weight excluding hydrogens is 473 g/mol. The Morgan fingerprint density at radius 2 is 1.73 bits per heavy atom. The Morgan fingerprint density at radius 3 is 2.42 bits per heavy atom. The highest BCUT2D eigenvalue weighted by atomic mass is 35.5. The highest BCUT2D eigenvalue weighted by Gasteiger charge is 2.33. The van der Waals surface area contributed by atoms with Gasteiger partial charge in [0.15, 0.2) is 0 Å². The second-order valence-electron chi connectivity index (χ2n) is 8.04. The molecule has 1 fully saturated rings. The minimum atomic E-state index is -4.60. The van der Waals surface area contributed by atoms with Gasteiger partial charge in [-0.15, -0.1) is 0 Å². The first-order valence-corrected chi connectivity index (χ1v) is 12.2. The van der Waals surface area contributed by atoms with Crippen LogP contribution in [0.3, 0.4) is 0 Å². The minimum Gasteiger partial charge on any atom is -0.297 e. The number of sulfonamides is 1. The lowest BCUT2D eigenvalue weighted by Crippen LogP contribution is -2.37. The van der Waals surface area contributed by atoms with Crippen molar-refractivity contribution in [2.24, 2.45) is 0 Å². The zero-order valence-corrected chi connectivity index (χ0v) is 19.1. The summed E-state index contributed by atoms with van der Waals surface area (Å²) in [5.74, 6) is 0. The van der Waals surface area contributed by atoms with Gasteiger partial charge in [0.2, 0.25) is 10.0 Å². The van der Waals surface area contributed by atoms with Crippen LogP contribution < -0.4 is 4.72 Å². The van der Waals surface area contributed by atoms with Crippen LogP contribution in [0.25, 0.3) is 11.1 Å². The average Bonchev–Trinajstić information content (AvgIpc) is 3.20. The summed E-state index contributed by atoms with van der Waals surface area (Å²) >= 11 is 6.26. The number of rotatable bonds is 6. The van der Waals surface area contributed by atoms with Gasteiger partial charge in [0.25, 0.3) is 0 Å². The van der Waals surface area contributed by atoms with Crippen LogP contribution in [0, 0.1) is 0 Å². The maximum Gasteiger partial charge on any atom is 0.416 e. The molecule has 0 spiro atoms. The summed E-state index contributed by atoms with van der Waals surface area (Å²) in [4.78, 5) is 1.73.